The lowest BCUT2D eigenvalue weighted by atomic mass is 10.3. The van der Waals surface area contributed by atoms with Crippen LogP contribution in [0, 0.1) is 0 Å². The Balaban J connectivity index is 3.78. The lowest BCUT2D eigenvalue weighted by molar-refractivity contribution is 0.0320. The van der Waals surface area contributed by atoms with Crippen LogP contribution in [0.25, 0.3) is 0 Å². The topological polar surface area (TPSA) is 76.7 Å². The summed E-state index contributed by atoms with van der Waals surface area (Å²) in [4.78, 5) is 0. The van der Waals surface area contributed by atoms with Crippen molar-refractivity contribution in [2.75, 3.05) is 46.2 Å². The summed E-state index contributed by atoms with van der Waals surface area (Å²) in [5, 5.41) is 3.16. The number of hydrogen-bond acceptors (Lipinski definition) is 5. The highest BCUT2D eigenvalue weighted by Crippen LogP contribution is 1.96. The first-order chi connectivity index (χ1) is 8.55. The van der Waals surface area contributed by atoms with Crippen molar-refractivity contribution in [2.24, 2.45) is 0 Å². The fourth-order valence-electron chi connectivity index (χ4n) is 1.41. The number of nitrogens with one attached hydrogen (secondary N) is 2. The van der Waals surface area contributed by atoms with Crippen molar-refractivity contribution in [2.45, 2.75) is 25.9 Å². The second-order valence-corrected chi connectivity index (χ2v) is 5.97. The molecule has 0 aliphatic heterocycles. The smallest absolute Gasteiger partial charge is 0.211 e. The van der Waals surface area contributed by atoms with Gasteiger partial charge in [-0.2, -0.15) is 0 Å². The second kappa shape index (κ2) is 10.7. The predicted molar refractivity (Wildman–Crippen MR) is 72.2 cm³/mol. The molecule has 0 aromatic carbocycles. The van der Waals surface area contributed by atoms with E-state index in [1.54, 1.807) is 7.11 Å². The Hall–Kier alpha value is -0.210. The van der Waals surface area contributed by atoms with Crippen LogP contribution in [0.3, 0.4) is 0 Å². The molecule has 18 heavy (non-hydrogen) atoms. The van der Waals surface area contributed by atoms with E-state index in [4.69, 9.17) is 9.47 Å². The normalized spacial score (nSPS) is 13.7. The molecule has 0 amide bonds. The van der Waals surface area contributed by atoms with E-state index in [0.29, 0.717) is 13.0 Å². The van der Waals surface area contributed by atoms with E-state index in [0.717, 1.165) is 19.5 Å². The third-order valence-corrected chi connectivity index (χ3v) is 3.92. The van der Waals surface area contributed by atoms with Crippen molar-refractivity contribution in [1.29, 1.82) is 0 Å². The lowest BCUT2D eigenvalue weighted by Crippen LogP contribution is -2.36. The largest absolute Gasteiger partial charge is 0.382 e. The van der Waals surface area contributed by atoms with Gasteiger partial charge in [-0.3, -0.25) is 0 Å². The Morgan fingerprint density at radius 1 is 1.22 bits per heavy atom. The molecule has 6 nitrogen and oxygen atoms in total. The van der Waals surface area contributed by atoms with Gasteiger partial charge in [-0.25, -0.2) is 13.1 Å². The molecular formula is C11H26N2O4S. The van der Waals surface area contributed by atoms with Gasteiger partial charge in [0.2, 0.25) is 10.0 Å². The van der Waals surface area contributed by atoms with Crippen LogP contribution in [0.2, 0.25) is 0 Å². The molecule has 1 atom stereocenters. The number of unbranched alkanes of at least 4 members (excludes halogenated alkanes) is 1. The van der Waals surface area contributed by atoms with E-state index in [-0.39, 0.29) is 18.4 Å². The van der Waals surface area contributed by atoms with Gasteiger partial charge in [0.25, 0.3) is 0 Å². The molecule has 0 bridgehead atoms. The molecule has 0 fully saturated rings. The average Bonchev–Trinajstić information content (AvgIpc) is 2.34. The number of rotatable bonds is 12. The number of sulfonamides is 1. The standard InChI is InChI=1S/C11H26N2O4S/c1-4-12-7-5-6-8-18(14,15)13-9-11(17-3)10-16-2/h11-13H,4-10H2,1-3H3. The van der Waals surface area contributed by atoms with E-state index in [2.05, 4.69) is 10.0 Å². The number of hydrogen-bond donors (Lipinski definition) is 2. The van der Waals surface area contributed by atoms with Crippen molar-refractivity contribution in [3.05, 3.63) is 0 Å². The molecule has 0 radical (unpaired) electrons. The molecule has 0 aliphatic rings. The van der Waals surface area contributed by atoms with E-state index in [1.807, 2.05) is 6.92 Å². The van der Waals surface area contributed by atoms with Crippen molar-refractivity contribution >= 4 is 10.0 Å². The van der Waals surface area contributed by atoms with Crippen LogP contribution in [0.15, 0.2) is 0 Å². The van der Waals surface area contributed by atoms with Crippen LogP contribution in [0.4, 0.5) is 0 Å². The predicted octanol–water partition coefficient (Wildman–Crippen LogP) is -0.0431. The quantitative estimate of drug-likeness (QED) is 0.491. The molecule has 2 N–H and O–H groups in total. The maximum absolute atomic E-state index is 11.7. The fraction of sp³-hybridized carbons (Fsp3) is 1.00. The Morgan fingerprint density at radius 2 is 1.94 bits per heavy atom. The van der Waals surface area contributed by atoms with Crippen LogP contribution in [0.5, 0.6) is 0 Å². The zero-order chi connectivity index (χ0) is 13.9. The van der Waals surface area contributed by atoms with Crippen LogP contribution in [0.1, 0.15) is 19.8 Å². The monoisotopic (exact) mass is 282 g/mol. The van der Waals surface area contributed by atoms with Gasteiger partial charge in [-0.1, -0.05) is 6.92 Å². The van der Waals surface area contributed by atoms with Crippen molar-refractivity contribution < 1.29 is 17.9 Å². The van der Waals surface area contributed by atoms with Crippen LogP contribution >= 0.6 is 0 Å². The summed E-state index contributed by atoms with van der Waals surface area (Å²) in [6.07, 6.45) is 1.27. The molecule has 1 unspecified atom stereocenters. The first kappa shape index (κ1) is 17.8. The zero-order valence-electron chi connectivity index (χ0n) is 11.6. The molecule has 110 valence electrons. The van der Waals surface area contributed by atoms with Crippen molar-refractivity contribution in [3.8, 4) is 0 Å². The van der Waals surface area contributed by atoms with E-state index in [1.165, 1.54) is 7.11 Å². The first-order valence-corrected chi connectivity index (χ1v) is 7.90. The summed E-state index contributed by atoms with van der Waals surface area (Å²) >= 11 is 0. The van der Waals surface area contributed by atoms with Gasteiger partial charge in [0.05, 0.1) is 18.5 Å². The average molecular weight is 282 g/mol. The van der Waals surface area contributed by atoms with Gasteiger partial charge in [-0.05, 0) is 25.9 Å². The molecule has 0 aliphatic carbocycles. The van der Waals surface area contributed by atoms with E-state index >= 15 is 0 Å². The number of methoxy groups -OCH3 is 2. The lowest BCUT2D eigenvalue weighted by Gasteiger charge is -2.15. The minimum absolute atomic E-state index is 0.155. The van der Waals surface area contributed by atoms with Gasteiger partial charge in [0.1, 0.15) is 0 Å². The van der Waals surface area contributed by atoms with Gasteiger partial charge >= 0.3 is 0 Å². The molecule has 0 spiro atoms. The van der Waals surface area contributed by atoms with Crippen molar-refractivity contribution in [3.63, 3.8) is 0 Å². The summed E-state index contributed by atoms with van der Waals surface area (Å²) < 4.78 is 35.9. The molecule has 0 heterocycles. The summed E-state index contributed by atoms with van der Waals surface area (Å²) in [6.45, 7) is 4.42. The number of ether oxygens (including phenoxy) is 2. The maximum atomic E-state index is 11.7. The molecule has 0 saturated carbocycles. The molecule has 0 aromatic rings. The maximum Gasteiger partial charge on any atom is 0.211 e. The van der Waals surface area contributed by atoms with Gasteiger partial charge in [0, 0.05) is 20.8 Å². The van der Waals surface area contributed by atoms with Crippen LogP contribution < -0.4 is 10.0 Å². The first-order valence-electron chi connectivity index (χ1n) is 6.25. The third-order valence-electron chi connectivity index (χ3n) is 2.48. The molecular weight excluding hydrogens is 256 g/mol. The Bertz CT molecular complexity index is 283. The van der Waals surface area contributed by atoms with Crippen LogP contribution in [-0.2, 0) is 19.5 Å². The van der Waals surface area contributed by atoms with Crippen molar-refractivity contribution in [1.82, 2.24) is 10.0 Å². The summed E-state index contributed by atoms with van der Waals surface area (Å²) in [5.74, 6) is 0.155. The summed E-state index contributed by atoms with van der Waals surface area (Å²) in [6, 6.07) is 0. The van der Waals surface area contributed by atoms with Gasteiger partial charge in [0.15, 0.2) is 0 Å². The minimum atomic E-state index is -3.21. The zero-order valence-corrected chi connectivity index (χ0v) is 12.4. The SMILES string of the molecule is CCNCCCCS(=O)(=O)NCC(COC)OC. The second-order valence-electron chi connectivity index (χ2n) is 4.04. The highest BCUT2D eigenvalue weighted by atomic mass is 32.2. The highest BCUT2D eigenvalue weighted by Gasteiger charge is 2.13. The molecule has 0 rings (SSSR count). The summed E-state index contributed by atoms with van der Waals surface area (Å²) in [7, 11) is -0.113. The summed E-state index contributed by atoms with van der Waals surface area (Å²) in [5.41, 5.74) is 0. The Kier molecular flexibility index (Phi) is 10.6. The molecule has 7 heteroatoms. The highest BCUT2D eigenvalue weighted by molar-refractivity contribution is 7.89. The van der Waals surface area contributed by atoms with Crippen LogP contribution in [-0.4, -0.2) is 60.7 Å². The van der Waals surface area contributed by atoms with E-state index < -0.39 is 10.0 Å². The molecule has 0 aromatic heterocycles. The Morgan fingerprint density at radius 3 is 2.50 bits per heavy atom. The minimum Gasteiger partial charge on any atom is -0.382 e. The van der Waals surface area contributed by atoms with E-state index in [9.17, 15) is 8.42 Å². The van der Waals surface area contributed by atoms with Gasteiger partial charge < -0.3 is 14.8 Å². The third kappa shape index (κ3) is 9.78. The fourth-order valence-corrected chi connectivity index (χ4v) is 2.58. The molecule has 0 saturated heterocycles. The van der Waals surface area contributed by atoms with Gasteiger partial charge in [-0.15, -0.1) is 0 Å². The Labute approximate surface area is 110 Å².